The monoisotopic (exact) mass is 294 g/mol. The lowest BCUT2D eigenvalue weighted by atomic mass is 10.2. The average Bonchev–Trinajstić information content (AvgIpc) is 2.81. The Hall–Kier alpha value is -2.35. The molecule has 0 saturated heterocycles. The number of rotatable bonds is 4. The minimum atomic E-state index is -0.875. The van der Waals surface area contributed by atoms with E-state index in [4.69, 9.17) is 4.74 Å². The summed E-state index contributed by atoms with van der Waals surface area (Å²) in [6.45, 7) is 0.0312. The lowest BCUT2D eigenvalue weighted by Gasteiger charge is -2.26. The van der Waals surface area contributed by atoms with Crippen molar-refractivity contribution < 1.29 is 19.5 Å². The fourth-order valence-electron chi connectivity index (χ4n) is 2.04. The highest BCUT2D eigenvalue weighted by atomic mass is 32.1. The highest BCUT2D eigenvalue weighted by molar-refractivity contribution is 7.21. The lowest BCUT2D eigenvalue weighted by molar-refractivity contribution is -0.757. The number of ether oxygens (including phenoxy) is 1. The summed E-state index contributed by atoms with van der Waals surface area (Å²) in [7, 11) is 0. The largest absolute Gasteiger partial charge is 0.471 e. The van der Waals surface area contributed by atoms with Gasteiger partial charge in [-0.2, -0.15) is 0 Å². The molecule has 0 N–H and O–H groups in total. The second kappa shape index (κ2) is 4.97. The third kappa shape index (κ3) is 2.14. The molecule has 0 atom stereocenters. The Morgan fingerprint density at radius 3 is 3.05 bits per heavy atom. The van der Waals surface area contributed by atoms with Crippen molar-refractivity contribution in [1.82, 2.24) is 4.90 Å². The molecule has 104 valence electrons. The van der Waals surface area contributed by atoms with Crippen LogP contribution in [0, 0.1) is 10.1 Å². The van der Waals surface area contributed by atoms with Crippen molar-refractivity contribution in [1.29, 1.82) is 0 Å². The number of hydrogen-bond acceptors (Lipinski definition) is 6. The van der Waals surface area contributed by atoms with Gasteiger partial charge in [-0.05, 0) is 12.1 Å². The van der Waals surface area contributed by atoms with Gasteiger partial charge in [0.25, 0.3) is 11.0 Å². The van der Waals surface area contributed by atoms with Crippen molar-refractivity contribution in [3.05, 3.63) is 39.3 Å². The van der Waals surface area contributed by atoms with Crippen LogP contribution in [-0.4, -0.2) is 35.8 Å². The van der Waals surface area contributed by atoms with Crippen LogP contribution in [0.4, 0.5) is 0 Å². The maximum absolute atomic E-state index is 12.3. The number of carbonyl (C=O) groups excluding carboxylic acids is 1. The molecule has 0 radical (unpaired) electrons. The van der Waals surface area contributed by atoms with Gasteiger partial charge < -0.3 is 14.5 Å². The fourth-order valence-corrected chi connectivity index (χ4v) is 3.16. The maximum Gasteiger partial charge on any atom is 0.294 e. The Morgan fingerprint density at radius 1 is 1.45 bits per heavy atom. The van der Waals surface area contributed by atoms with Gasteiger partial charge in [0.2, 0.25) is 0 Å². The molecule has 0 bridgehead atoms. The molecule has 3 rings (SSSR count). The van der Waals surface area contributed by atoms with Gasteiger partial charge in [-0.3, -0.25) is 4.79 Å². The van der Waals surface area contributed by atoms with E-state index in [1.165, 1.54) is 16.2 Å². The van der Waals surface area contributed by atoms with Gasteiger partial charge in [-0.15, -0.1) is 21.5 Å². The van der Waals surface area contributed by atoms with Crippen LogP contribution in [0.3, 0.4) is 0 Å². The van der Waals surface area contributed by atoms with Crippen LogP contribution in [-0.2, 0) is 4.84 Å². The molecule has 0 unspecified atom stereocenters. The smallest absolute Gasteiger partial charge is 0.294 e. The van der Waals surface area contributed by atoms with E-state index in [0.29, 0.717) is 10.6 Å². The highest BCUT2D eigenvalue weighted by Crippen LogP contribution is 2.40. The molecule has 7 nitrogen and oxygen atoms in total. The Labute approximate surface area is 117 Å². The van der Waals surface area contributed by atoms with Crippen LogP contribution in [0.5, 0.6) is 5.75 Å². The molecule has 0 aliphatic carbocycles. The molecule has 1 aromatic carbocycles. The van der Waals surface area contributed by atoms with Crippen molar-refractivity contribution in [3.8, 4) is 5.75 Å². The molecule has 2 heterocycles. The van der Waals surface area contributed by atoms with Crippen molar-refractivity contribution in [3.63, 3.8) is 0 Å². The van der Waals surface area contributed by atoms with Gasteiger partial charge >= 0.3 is 0 Å². The summed E-state index contributed by atoms with van der Waals surface area (Å²) < 4.78 is 6.59. The number of hydrogen-bond donors (Lipinski definition) is 0. The second-order valence-corrected chi connectivity index (χ2v) is 5.21. The molecule has 1 aliphatic rings. The minimum Gasteiger partial charge on any atom is -0.471 e. The first-order chi connectivity index (χ1) is 9.66. The van der Waals surface area contributed by atoms with E-state index in [1.807, 2.05) is 24.3 Å². The third-order valence-corrected chi connectivity index (χ3v) is 4.09. The van der Waals surface area contributed by atoms with Crippen molar-refractivity contribution in [2.45, 2.75) is 0 Å². The zero-order chi connectivity index (χ0) is 14.1. The van der Waals surface area contributed by atoms with Gasteiger partial charge in [0.05, 0.1) is 0 Å². The standard InChI is InChI=1S/C12H10N2O5S/c15-12-11-10(8-3-1-2-4-9(8)20-11)18-7-13(12)5-6-19-14(16)17/h1-4H,5-7H2. The average molecular weight is 294 g/mol. The topological polar surface area (TPSA) is 81.9 Å². The molecule has 0 spiro atoms. The molecule has 1 aliphatic heterocycles. The second-order valence-electron chi connectivity index (χ2n) is 4.16. The molecule has 0 saturated carbocycles. The van der Waals surface area contributed by atoms with E-state index in [1.54, 1.807) is 0 Å². The zero-order valence-electron chi connectivity index (χ0n) is 10.3. The SMILES string of the molecule is O=C1c2sc3ccccc3c2OCN1CCO[N+](=O)[O-]. The maximum atomic E-state index is 12.3. The molecule has 20 heavy (non-hydrogen) atoms. The third-order valence-electron chi connectivity index (χ3n) is 2.95. The first-order valence-corrected chi connectivity index (χ1v) is 6.69. The van der Waals surface area contributed by atoms with E-state index in [0.717, 1.165) is 10.1 Å². The Kier molecular flexibility index (Phi) is 3.15. The number of fused-ring (bicyclic) bond motifs is 3. The van der Waals surface area contributed by atoms with Crippen molar-refractivity contribution in [2.24, 2.45) is 0 Å². The van der Waals surface area contributed by atoms with Crippen LogP contribution in [0.15, 0.2) is 24.3 Å². The quantitative estimate of drug-likeness (QED) is 0.635. The molecule has 0 fully saturated rings. The van der Waals surface area contributed by atoms with Crippen molar-refractivity contribution in [2.75, 3.05) is 19.9 Å². The van der Waals surface area contributed by atoms with E-state index >= 15 is 0 Å². The number of nitrogens with zero attached hydrogens (tertiary/aromatic N) is 2. The van der Waals surface area contributed by atoms with Crippen molar-refractivity contribution >= 4 is 27.3 Å². The van der Waals surface area contributed by atoms with E-state index in [-0.39, 0.29) is 25.8 Å². The summed E-state index contributed by atoms with van der Waals surface area (Å²) >= 11 is 1.36. The van der Waals surface area contributed by atoms with Crippen LogP contribution in [0.2, 0.25) is 0 Å². The Bertz CT molecular complexity index is 684. The highest BCUT2D eigenvalue weighted by Gasteiger charge is 2.29. The van der Waals surface area contributed by atoms with Crippen LogP contribution in [0.25, 0.3) is 10.1 Å². The minimum absolute atomic E-state index is 0.0770. The number of benzene rings is 1. The van der Waals surface area contributed by atoms with Gasteiger partial charge in [0.15, 0.2) is 12.5 Å². The van der Waals surface area contributed by atoms with Crippen LogP contribution >= 0.6 is 11.3 Å². The van der Waals surface area contributed by atoms with Gasteiger partial charge in [-0.1, -0.05) is 12.1 Å². The lowest BCUT2D eigenvalue weighted by Crippen LogP contribution is -2.40. The first-order valence-electron chi connectivity index (χ1n) is 5.87. The Balaban J connectivity index is 1.82. The van der Waals surface area contributed by atoms with Gasteiger partial charge in [0, 0.05) is 16.6 Å². The summed E-state index contributed by atoms with van der Waals surface area (Å²) in [5, 5.41) is 10.1. The molecule has 1 amide bonds. The van der Waals surface area contributed by atoms with Gasteiger partial charge in [-0.25, -0.2) is 0 Å². The molecule has 2 aromatic rings. The predicted molar refractivity (Wildman–Crippen MR) is 71.3 cm³/mol. The van der Waals surface area contributed by atoms with E-state index in [9.17, 15) is 14.9 Å². The Morgan fingerprint density at radius 2 is 2.25 bits per heavy atom. The fraction of sp³-hybridized carbons (Fsp3) is 0.250. The summed E-state index contributed by atoms with van der Waals surface area (Å²) in [4.78, 5) is 28.5. The molecule has 1 aromatic heterocycles. The van der Waals surface area contributed by atoms with E-state index in [2.05, 4.69) is 4.84 Å². The van der Waals surface area contributed by atoms with Crippen LogP contribution in [0.1, 0.15) is 9.67 Å². The van der Waals surface area contributed by atoms with Gasteiger partial charge in [0.1, 0.15) is 11.5 Å². The molecular weight excluding hydrogens is 284 g/mol. The number of carbonyl (C=O) groups is 1. The molecular formula is C12H10N2O5S. The number of thiophene rings is 1. The summed E-state index contributed by atoms with van der Waals surface area (Å²) in [5.41, 5.74) is 0. The van der Waals surface area contributed by atoms with Crippen LogP contribution < -0.4 is 4.74 Å². The summed E-state index contributed by atoms with van der Waals surface area (Å²) in [6.07, 6.45) is 0. The van der Waals surface area contributed by atoms with E-state index < -0.39 is 5.09 Å². The summed E-state index contributed by atoms with van der Waals surface area (Å²) in [6, 6.07) is 7.62. The zero-order valence-corrected chi connectivity index (χ0v) is 11.1. The number of amides is 1. The predicted octanol–water partition coefficient (Wildman–Crippen LogP) is 1.90. The summed E-state index contributed by atoms with van der Waals surface area (Å²) in [5.74, 6) is 0.418. The normalized spacial score (nSPS) is 14.0. The molecule has 8 heteroatoms. The first kappa shape index (κ1) is 12.7.